The largest absolute Gasteiger partial charge is 0.432 e. The van der Waals surface area contributed by atoms with Crippen molar-refractivity contribution < 1.29 is 4.42 Å². The zero-order valence-corrected chi connectivity index (χ0v) is 11.5. The summed E-state index contributed by atoms with van der Waals surface area (Å²) in [6.45, 7) is 10.8. The highest BCUT2D eigenvalue weighted by atomic mass is 35.5. The number of alkyl halides is 1. The molecule has 1 aromatic heterocycles. The molecule has 0 aromatic carbocycles. The summed E-state index contributed by atoms with van der Waals surface area (Å²) >= 11 is 5.71. The van der Waals surface area contributed by atoms with Crippen LogP contribution in [-0.2, 0) is 5.88 Å². The molecule has 0 saturated carbocycles. The van der Waals surface area contributed by atoms with E-state index in [0.29, 0.717) is 11.9 Å². The Labute approximate surface area is 108 Å². The summed E-state index contributed by atoms with van der Waals surface area (Å²) in [4.78, 5) is 9.01. The summed E-state index contributed by atoms with van der Waals surface area (Å²) in [5, 5.41) is 0. The molecule has 1 saturated heterocycles. The maximum Gasteiger partial charge on any atom is 0.297 e. The standard InChI is InChI=1S/C12H20ClN3O/c1-12(2,3)16-6-4-15(5-7-16)11-14-10(8-13)9-17-11/h9H,4-8H2,1-3H3. The second-order valence-corrected chi connectivity index (χ2v) is 5.67. The van der Waals surface area contributed by atoms with Gasteiger partial charge in [-0.15, -0.1) is 11.6 Å². The average Bonchev–Trinajstić information content (AvgIpc) is 2.76. The van der Waals surface area contributed by atoms with E-state index >= 15 is 0 Å². The first kappa shape index (κ1) is 12.7. The summed E-state index contributed by atoms with van der Waals surface area (Å²) in [5.41, 5.74) is 1.05. The van der Waals surface area contributed by atoms with Crippen LogP contribution in [0.5, 0.6) is 0 Å². The van der Waals surface area contributed by atoms with Crippen LogP contribution in [-0.4, -0.2) is 41.6 Å². The third-order valence-electron chi connectivity index (χ3n) is 3.18. The Kier molecular flexibility index (Phi) is 3.64. The summed E-state index contributed by atoms with van der Waals surface area (Å²) in [6.07, 6.45) is 1.64. The minimum absolute atomic E-state index is 0.240. The average molecular weight is 258 g/mol. The van der Waals surface area contributed by atoms with Crippen LogP contribution in [0.2, 0.25) is 0 Å². The van der Waals surface area contributed by atoms with Gasteiger partial charge in [0.1, 0.15) is 6.26 Å². The van der Waals surface area contributed by atoms with E-state index in [0.717, 1.165) is 31.9 Å². The van der Waals surface area contributed by atoms with Gasteiger partial charge >= 0.3 is 0 Å². The van der Waals surface area contributed by atoms with Crippen LogP contribution in [0.3, 0.4) is 0 Å². The van der Waals surface area contributed by atoms with Crippen LogP contribution in [0.15, 0.2) is 10.7 Å². The fourth-order valence-electron chi connectivity index (χ4n) is 2.07. The molecule has 4 nitrogen and oxygen atoms in total. The number of rotatable bonds is 2. The number of oxazole rings is 1. The smallest absolute Gasteiger partial charge is 0.297 e. The summed E-state index contributed by atoms with van der Waals surface area (Å²) in [7, 11) is 0. The van der Waals surface area contributed by atoms with E-state index in [9.17, 15) is 0 Å². The van der Waals surface area contributed by atoms with E-state index in [4.69, 9.17) is 16.0 Å². The van der Waals surface area contributed by atoms with Crippen LogP contribution >= 0.6 is 11.6 Å². The quantitative estimate of drug-likeness (QED) is 0.762. The van der Waals surface area contributed by atoms with Gasteiger partial charge in [0.2, 0.25) is 0 Å². The molecule has 0 amide bonds. The third-order valence-corrected chi connectivity index (χ3v) is 3.45. The number of piperazine rings is 1. The Morgan fingerprint density at radius 2 is 1.94 bits per heavy atom. The molecule has 1 aliphatic rings. The molecule has 0 atom stereocenters. The number of hydrogen-bond donors (Lipinski definition) is 0. The highest BCUT2D eigenvalue weighted by Gasteiger charge is 2.27. The van der Waals surface area contributed by atoms with Crippen LogP contribution in [0.1, 0.15) is 26.5 Å². The molecule has 0 unspecified atom stereocenters. The fraction of sp³-hybridized carbons (Fsp3) is 0.750. The zero-order valence-electron chi connectivity index (χ0n) is 10.7. The lowest BCUT2D eigenvalue weighted by atomic mass is 10.1. The minimum Gasteiger partial charge on any atom is -0.432 e. The molecule has 0 radical (unpaired) electrons. The molecule has 2 heterocycles. The Hall–Kier alpha value is -0.740. The van der Waals surface area contributed by atoms with Crippen LogP contribution in [0, 0.1) is 0 Å². The molecule has 17 heavy (non-hydrogen) atoms. The van der Waals surface area contributed by atoms with Gasteiger partial charge in [0.15, 0.2) is 0 Å². The van der Waals surface area contributed by atoms with Gasteiger partial charge in [0.05, 0.1) is 11.6 Å². The molecule has 0 aliphatic carbocycles. The lowest BCUT2D eigenvalue weighted by Gasteiger charge is -2.41. The summed E-state index contributed by atoms with van der Waals surface area (Å²) in [6, 6.07) is 0.703. The first-order valence-electron chi connectivity index (χ1n) is 6.01. The van der Waals surface area contributed by atoms with E-state index in [-0.39, 0.29) is 5.54 Å². The van der Waals surface area contributed by atoms with Gasteiger partial charge in [-0.05, 0) is 20.8 Å². The minimum atomic E-state index is 0.240. The van der Waals surface area contributed by atoms with Gasteiger partial charge in [0, 0.05) is 31.7 Å². The molecule has 96 valence electrons. The predicted octanol–water partition coefficient (Wildman–Crippen LogP) is 2.33. The third kappa shape index (κ3) is 2.93. The number of anilines is 1. The first-order chi connectivity index (χ1) is 8.00. The van der Waals surface area contributed by atoms with E-state index in [2.05, 4.69) is 35.6 Å². The van der Waals surface area contributed by atoms with Crippen molar-refractivity contribution in [3.63, 3.8) is 0 Å². The second kappa shape index (κ2) is 4.86. The summed E-state index contributed by atoms with van der Waals surface area (Å²) in [5.74, 6) is 0.408. The highest BCUT2D eigenvalue weighted by molar-refractivity contribution is 6.16. The Morgan fingerprint density at radius 3 is 2.41 bits per heavy atom. The van der Waals surface area contributed by atoms with Crippen molar-refractivity contribution in [1.29, 1.82) is 0 Å². The maximum atomic E-state index is 5.71. The molecule has 1 aromatic rings. The molecule has 0 bridgehead atoms. The van der Waals surface area contributed by atoms with Crippen LogP contribution in [0.25, 0.3) is 0 Å². The summed E-state index contributed by atoms with van der Waals surface area (Å²) < 4.78 is 5.43. The van der Waals surface area contributed by atoms with Crippen LogP contribution in [0.4, 0.5) is 6.01 Å². The van der Waals surface area contributed by atoms with Gasteiger partial charge in [-0.1, -0.05) is 0 Å². The molecule has 1 fully saturated rings. The normalized spacial score (nSPS) is 18.7. The Morgan fingerprint density at radius 1 is 1.29 bits per heavy atom. The van der Waals surface area contributed by atoms with Crippen molar-refractivity contribution in [2.75, 3.05) is 31.1 Å². The first-order valence-corrected chi connectivity index (χ1v) is 6.54. The zero-order chi connectivity index (χ0) is 12.5. The Balaban J connectivity index is 1.95. The van der Waals surface area contributed by atoms with Gasteiger partial charge in [0.25, 0.3) is 6.01 Å². The van der Waals surface area contributed by atoms with Gasteiger partial charge in [-0.3, -0.25) is 4.90 Å². The number of aromatic nitrogens is 1. The molecule has 0 spiro atoms. The van der Waals surface area contributed by atoms with E-state index < -0.39 is 0 Å². The number of nitrogens with zero attached hydrogens (tertiary/aromatic N) is 3. The van der Waals surface area contributed by atoms with Crippen molar-refractivity contribution in [2.45, 2.75) is 32.2 Å². The second-order valence-electron chi connectivity index (χ2n) is 5.40. The Bertz CT molecular complexity index is 364. The topological polar surface area (TPSA) is 32.5 Å². The van der Waals surface area contributed by atoms with Gasteiger partial charge in [-0.2, -0.15) is 4.98 Å². The van der Waals surface area contributed by atoms with Crippen LogP contribution < -0.4 is 4.90 Å². The molecular weight excluding hydrogens is 238 g/mol. The monoisotopic (exact) mass is 257 g/mol. The van der Waals surface area contributed by atoms with Crippen molar-refractivity contribution in [3.8, 4) is 0 Å². The predicted molar refractivity (Wildman–Crippen MR) is 69.6 cm³/mol. The highest BCUT2D eigenvalue weighted by Crippen LogP contribution is 2.20. The van der Waals surface area contributed by atoms with Crippen molar-refractivity contribution in [2.24, 2.45) is 0 Å². The molecule has 2 rings (SSSR count). The number of hydrogen-bond acceptors (Lipinski definition) is 4. The lowest BCUT2D eigenvalue weighted by molar-refractivity contribution is 0.127. The molecule has 5 heteroatoms. The van der Waals surface area contributed by atoms with Crippen molar-refractivity contribution in [1.82, 2.24) is 9.88 Å². The SMILES string of the molecule is CC(C)(C)N1CCN(c2nc(CCl)co2)CC1. The van der Waals surface area contributed by atoms with Crippen molar-refractivity contribution >= 4 is 17.6 Å². The number of halogens is 1. The van der Waals surface area contributed by atoms with E-state index in [1.165, 1.54) is 0 Å². The van der Waals surface area contributed by atoms with E-state index in [1.807, 2.05) is 0 Å². The molecule has 1 aliphatic heterocycles. The van der Waals surface area contributed by atoms with Gasteiger partial charge < -0.3 is 9.32 Å². The molecule has 0 N–H and O–H groups in total. The maximum absolute atomic E-state index is 5.71. The van der Waals surface area contributed by atoms with Crippen molar-refractivity contribution in [3.05, 3.63) is 12.0 Å². The lowest BCUT2D eigenvalue weighted by Crippen LogP contribution is -2.53. The fourth-order valence-corrected chi connectivity index (χ4v) is 2.19. The molecular formula is C12H20ClN3O. The van der Waals surface area contributed by atoms with Gasteiger partial charge in [-0.25, -0.2) is 0 Å². The van der Waals surface area contributed by atoms with E-state index in [1.54, 1.807) is 6.26 Å².